The van der Waals surface area contributed by atoms with E-state index >= 15 is 0 Å². The van der Waals surface area contributed by atoms with Crippen molar-refractivity contribution in [3.63, 3.8) is 0 Å². The van der Waals surface area contributed by atoms with Crippen LogP contribution in [0.25, 0.3) is 0 Å². The molecule has 0 amide bonds. The van der Waals surface area contributed by atoms with Crippen LogP contribution in [0.1, 0.15) is 50.0 Å². The van der Waals surface area contributed by atoms with Crippen molar-refractivity contribution in [2.45, 2.75) is 46.6 Å². The van der Waals surface area contributed by atoms with Crippen molar-refractivity contribution in [2.24, 2.45) is 0 Å². The number of nitrogens with zero attached hydrogens (tertiary/aromatic N) is 1. The van der Waals surface area contributed by atoms with E-state index < -0.39 is 62.1 Å². The van der Waals surface area contributed by atoms with E-state index in [-0.39, 0.29) is 6.61 Å². The van der Waals surface area contributed by atoms with Gasteiger partial charge in [0.25, 0.3) is 0 Å². The van der Waals surface area contributed by atoms with Crippen LogP contribution in [0.15, 0.2) is 11.8 Å². The number of carbonyl (C=O) groups excluding carboxylic acids is 2. The zero-order valence-electron chi connectivity index (χ0n) is 16.6. The van der Waals surface area contributed by atoms with Gasteiger partial charge in [-0.3, -0.25) is 14.9 Å². The monoisotopic (exact) mass is 417 g/mol. The molecule has 8 nitrogen and oxygen atoms in total. The van der Waals surface area contributed by atoms with Gasteiger partial charge in [-0.05, 0) is 34.1 Å². The topological polar surface area (TPSA) is 111 Å². The number of ether oxygens (including phenoxy) is 1. The number of hydrogen-bond donors (Lipinski definition) is 2. The summed E-state index contributed by atoms with van der Waals surface area (Å²) in [6.07, 6.45) is 1.23. The van der Waals surface area contributed by atoms with Gasteiger partial charge < -0.3 is 10.2 Å². The van der Waals surface area contributed by atoms with E-state index in [9.17, 15) is 32.9 Å². The van der Waals surface area contributed by atoms with Gasteiger partial charge in [-0.25, -0.2) is 19.0 Å². The first-order valence-electron chi connectivity index (χ1n) is 8.59. The highest BCUT2D eigenvalue weighted by Gasteiger charge is 2.37. The Hall–Kier alpha value is -2.95. The summed E-state index contributed by atoms with van der Waals surface area (Å²) < 4.78 is 47.2. The molecule has 0 aromatic heterocycles. The van der Waals surface area contributed by atoms with Crippen LogP contribution in [0, 0.1) is 34.5 Å². The zero-order chi connectivity index (χ0) is 22.5. The number of nitro benzene ring substituents is 1. The van der Waals surface area contributed by atoms with Crippen LogP contribution in [0.4, 0.5) is 18.9 Å². The van der Waals surface area contributed by atoms with Crippen LogP contribution in [0.5, 0.6) is 0 Å². The SMILES string of the molecule is CCCOC(=O)/C(=C/NNC(C)(C)C)C(=O)c1c(F)c(C)c(F)c(F)c1[N+](=O)[O-]. The van der Waals surface area contributed by atoms with Crippen molar-refractivity contribution >= 4 is 17.4 Å². The number of carbonyl (C=O) groups is 2. The standard InChI is InChI=1S/C18H22F3N3O5/c1-6-7-29-17(26)10(8-22-23-18(3,4)5)16(25)11-12(19)9(2)13(20)14(21)15(11)24(27)28/h8,22-23H,6-7H2,1-5H3/b10-8+. The summed E-state index contributed by atoms with van der Waals surface area (Å²) in [6, 6.07) is 0. The number of esters is 1. The Morgan fingerprint density at radius 3 is 2.24 bits per heavy atom. The molecule has 0 aliphatic rings. The number of halogens is 3. The van der Waals surface area contributed by atoms with E-state index in [4.69, 9.17) is 4.74 Å². The van der Waals surface area contributed by atoms with Crippen LogP contribution in [0.2, 0.25) is 0 Å². The normalized spacial score (nSPS) is 11.9. The van der Waals surface area contributed by atoms with Crippen LogP contribution in [-0.2, 0) is 9.53 Å². The highest BCUT2D eigenvalue weighted by molar-refractivity contribution is 6.25. The van der Waals surface area contributed by atoms with Gasteiger partial charge in [-0.1, -0.05) is 6.92 Å². The number of hydrogen-bond acceptors (Lipinski definition) is 7. The quantitative estimate of drug-likeness (QED) is 0.0976. The van der Waals surface area contributed by atoms with E-state index in [1.54, 1.807) is 27.7 Å². The predicted octanol–water partition coefficient (Wildman–Crippen LogP) is 3.23. The van der Waals surface area contributed by atoms with E-state index in [0.29, 0.717) is 6.42 Å². The molecule has 0 unspecified atom stereocenters. The third-order valence-corrected chi connectivity index (χ3v) is 3.49. The Balaban J connectivity index is 3.59. The van der Waals surface area contributed by atoms with Crippen molar-refractivity contribution in [1.29, 1.82) is 0 Å². The lowest BCUT2D eigenvalue weighted by Gasteiger charge is -2.20. The van der Waals surface area contributed by atoms with Crippen molar-refractivity contribution in [3.8, 4) is 0 Å². The Morgan fingerprint density at radius 2 is 1.76 bits per heavy atom. The molecule has 1 aromatic rings. The molecule has 0 radical (unpaired) electrons. The van der Waals surface area contributed by atoms with Crippen molar-refractivity contribution in [3.05, 3.63) is 50.5 Å². The lowest BCUT2D eigenvalue weighted by molar-refractivity contribution is -0.388. The molecule has 0 atom stereocenters. The van der Waals surface area contributed by atoms with Crippen LogP contribution < -0.4 is 10.9 Å². The lowest BCUT2D eigenvalue weighted by atomic mass is 9.98. The summed E-state index contributed by atoms with van der Waals surface area (Å²) in [6.45, 7) is 7.64. The smallest absolute Gasteiger partial charge is 0.343 e. The molecule has 160 valence electrons. The minimum Gasteiger partial charge on any atom is -0.462 e. The number of benzene rings is 1. The minimum absolute atomic E-state index is 0.0858. The molecule has 2 N–H and O–H groups in total. The minimum atomic E-state index is -2.00. The van der Waals surface area contributed by atoms with Crippen molar-refractivity contribution in [1.82, 2.24) is 10.9 Å². The molecule has 11 heteroatoms. The summed E-state index contributed by atoms with van der Waals surface area (Å²) in [7, 11) is 0. The molecular formula is C18H22F3N3O5. The van der Waals surface area contributed by atoms with Crippen LogP contribution in [0.3, 0.4) is 0 Å². The van der Waals surface area contributed by atoms with E-state index in [1.807, 2.05) is 0 Å². The Morgan fingerprint density at radius 1 is 1.17 bits per heavy atom. The number of nitro groups is 1. The molecular weight excluding hydrogens is 395 g/mol. The van der Waals surface area contributed by atoms with E-state index in [0.717, 1.165) is 13.1 Å². The van der Waals surface area contributed by atoms with Crippen LogP contribution >= 0.6 is 0 Å². The second kappa shape index (κ2) is 9.50. The third kappa shape index (κ3) is 5.76. The van der Waals surface area contributed by atoms with Gasteiger partial charge in [0.15, 0.2) is 5.82 Å². The molecule has 29 heavy (non-hydrogen) atoms. The highest BCUT2D eigenvalue weighted by atomic mass is 19.2. The molecule has 0 aliphatic heterocycles. The number of Topliss-reactive ketones (excluding diaryl/α,β-unsaturated/α-hetero) is 1. The Labute approximate surface area is 165 Å². The summed E-state index contributed by atoms with van der Waals surface area (Å²) in [5, 5.41) is 11.2. The van der Waals surface area contributed by atoms with E-state index in [1.165, 1.54) is 0 Å². The second-order valence-electron chi connectivity index (χ2n) is 7.09. The van der Waals surface area contributed by atoms with Crippen molar-refractivity contribution < 1.29 is 32.4 Å². The largest absolute Gasteiger partial charge is 0.462 e. The summed E-state index contributed by atoms with van der Waals surface area (Å²) in [4.78, 5) is 34.8. The van der Waals surface area contributed by atoms with Crippen LogP contribution in [-0.4, -0.2) is 28.8 Å². The molecule has 0 saturated heterocycles. The molecule has 0 heterocycles. The Bertz CT molecular complexity index is 864. The maximum atomic E-state index is 14.6. The molecule has 1 aromatic carbocycles. The number of hydrazine groups is 1. The van der Waals surface area contributed by atoms with Gasteiger partial charge in [0.05, 0.1) is 11.5 Å². The average Bonchev–Trinajstić information content (AvgIpc) is 2.62. The Kier molecular flexibility index (Phi) is 7.89. The lowest BCUT2D eigenvalue weighted by Crippen LogP contribution is -2.44. The maximum absolute atomic E-state index is 14.6. The molecule has 0 fully saturated rings. The van der Waals surface area contributed by atoms with Crippen molar-refractivity contribution in [2.75, 3.05) is 6.61 Å². The van der Waals surface area contributed by atoms with Gasteiger partial charge in [-0.15, -0.1) is 0 Å². The zero-order valence-corrected chi connectivity index (χ0v) is 16.6. The molecule has 0 bridgehead atoms. The first-order chi connectivity index (χ1) is 13.3. The number of nitrogens with one attached hydrogen (secondary N) is 2. The maximum Gasteiger partial charge on any atom is 0.343 e. The first-order valence-corrected chi connectivity index (χ1v) is 8.59. The van der Waals surface area contributed by atoms with E-state index in [2.05, 4.69) is 10.9 Å². The molecule has 0 aliphatic carbocycles. The summed E-state index contributed by atoms with van der Waals surface area (Å²) in [5.41, 5.74) is -0.201. The van der Waals surface area contributed by atoms with Gasteiger partial charge >= 0.3 is 11.7 Å². The first kappa shape index (κ1) is 24.1. The number of rotatable bonds is 8. The summed E-state index contributed by atoms with van der Waals surface area (Å²) >= 11 is 0. The molecule has 1 rings (SSSR count). The number of ketones is 1. The fraction of sp³-hybridized carbons (Fsp3) is 0.444. The average molecular weight is 417 g/mol. The van der Waals surface area contributed by atoms with Gasteiger partial charge in [0, 0.05) is 17.3 Å². The van der Waals surface area contributed by atoms with Gasteiger partial charge in [-0.2, -0.15) is 4.39 Å². The second-order valence-corrected chi connectivity index (χ2v) is 7.09. The molecule has 0 saturated carbocycles. The third-order valence-electron chi connectivity index (χ3n) is 3.49. The predicted molar refractivity (Wildman–Crippen MR) is 97.4 cm³/mol. The fourth-order valence-electron chi connectivity index (χ4n) is 2.09. The fourth-order valence-corrected chi connectivity index (χ4v) is 2.09. The van der Waals surface area contributed by atoms with Gasteiger partial charge in [0.2, 0.25) is 11.6 Å². The molecule has 0 spiro atoms. The van der Waals surface area contributed by atoms with Gasteiger partial charge in [0.1, 0.15) is 17.0 Å². The summed E-state index contributed by atoms with van der Waals surface area (Å²) in [5.74, 6) is -8.17. The highest BCUT2D eigenvalue weighted by Crippen LogP contribution is 2.32.